The number of hydrogen-bond donors (Lipinski definition) is 0. The molecular formula is C19H18Cl2N2O3. The van der Waals surface area contributed by atoms with Crippen molar-refractivity contribution in [3.8, 4) is 0 Å². The zero-order chi connectivity index (χ0) is 18.4. The lowest BCUT2D eigenvalue weighted by Crippen LogP contribution is -2.43. The molecule has 3 amide bonds. The number of nitrogens with zero attached hydrogens (tertiary/aromatic N) is 2. The fraction of sp³-hybridized carbons (Fsp3) is 0.421. The van der Waals surface area contributed by atoms with Gasteiger partial charge in [0, 0.05) is 11.7 Å². The van der Waals surface area contributed by atoms with Crippen LogP contribution in [-0.4, -0.2) is 40.1 Å². The van der Waals surface area contributed by atoms with E-state index in [2.05, 4.69) is 6.08 Å². The molecule has 0 radical (unpaired) electrons. The van der Waals surface area contributed by atoms with Crippen molar-refractivity contribution in [2.24, 2.45) is 0 Å². The fourth-order valence-corrected chi connectivity index (χ4v) is 3.94. The molecule has 0 atom stereocenters. The highest BCUT2D eigenvalue weighted by molar-refractivity contribution is 6.43. The summed E-state index contributed by atoms with van der Waals surface area (Å²) in [7, 11) is 0. The predicted octanol–water partition coefficient (Wildman–Crippen LogP) is 4.04. The van der Waals surface area contributed by atoms with Crippen molar-refractivity contribution in [1.82, 2.24) is 9.80 Å². The molecule has 0 unspecified atom stereocenters. The third-order valence-electron chi connectivity index (χ3n) is 5.06. The number of imide groups is 1. The van der Waals surface area contributed by atoms with Crippen LogP contribution in [-0.2, 0) is 4.79 Å². The smallest absolute Gasteiger partial charge is 0.262 e. The molecule has 7 heteroatoms. The lowest BCUT2D eigenvalue weighted by Gasteiger charge is -2.29. The van der Waals surface area contributed by atoms with Gasteiger partial charge in [-0.15, -0.1) is 0 Å². The van der Waals surface area contributed by atoms with E-state index in [0.29, 0.717) is 0 Å². The molecule has 0 spiro atoms. The highest BCUT2D eigenvalue weighted by Crippen LogP contribution is 2.35. The van der Waals surface area contributed by atoms with Crippen LogP contribution >= 0.6 is 23.2 Å². The Hall–Kier alpha value is -1.85. The molecule has 5 nitrogen and oxygen atoms in total. The molecule has 0 saturated heterocycles. The Bertz CT molecular complexity index is 804. The summed E-state index contributed by atoms with van der Waals surface area (Å²) in [5.41, 5.74) is 1.44. The Kier molecular flexibility index (Phi) is 4.53. The van der Waals surface area contributed by atoms with Crippen LogP contribution in [0.3, 0.4) is 0 Å². The third kappa shape index (κ3) is 3.03. The first-order valence-electron chi connectivity index (χ1n) is 8.83. The zero-order valence-corrected chi connectivity index (χ0v) is 15.6. The van der Waals surface area contributed by atoms with Crippen molar-refractivity contribution in [3.05, 3.63) is 45.1 Å². The molecule has 1 saturated carbocycles. The van der Waals surface area contributed by atoms with Gasteiger partial charge in [-0.1, -0.05) is 29.3 Å². The molecule has 1 aliphatic heterocycles. The summed E-state index contributed by atoms with van der Waals surface area (Å²) in [6, 6.07) is 2.99. The molecule has 1 fully saturated rings. The van der Waals surface area contributed by atoms with Gasteiger partial charge in [-0.2, -0.15) is 0 Å². The summed E-state index contributed by atoms with van der Waals surface area (Å²) in [5.74, 6) is -1.19. The standard InChI is InChI=1S/C19H18Cl2N2O3/c20-15-8-13-14(9-16(15)21)19(26)22(18(13)25)10-17(24)23(12-6-7-12)11-4-2-1-3-5-11/h4,8-9,12H,1-3,5-7,10H2. The van der Waals surface area contributed by atoms with E-state index in [1.807, 2.05) is 4.90 Å². The van der Waals surface area contributed by atoms with Crippen LogP contribution in [0, 0.1) is 0 Å². The molecule has 0 N–H and O–H groups in total. The van der Waals surface area contributed by atoms with Gasteiger partial charge in [0.2, 0.25) is 5.91 Å². The molecule has 4 rings (SSSR count). The van der Waals surface area contributed by atoms with E-state index >= 15 is 0 Å². The average Bonchev–Trinajstić information content (AvgIpc) is 3.43. The van der Waals surface area contributed by atoms with Crippen molar-refractivity contribution in [2.45, 2.75) is 44.6 Å². The van der Waals surface area contributed by atoms with Crippen LogP contribution in [0.5, 0.6) is 0 Å². The van der Waals surface area contributed by atoms with Crippen LogP contribution in [0.25, 0.3) is 0 Å². The van der Waals surface area contributed by atoms with Gasteiger partial charge in [0.1, 0.15) is 6.54 Å². The third-order valence-corrected chi connectivity index (χ3v) is 5.78. The second kappa shape index (κ2) is 6.71. The van der Waals surface area contributed by atoms with Gasteiger partial charge in [-0.25, -0.2) is 0 Å². The Morgan fingerprint density at radius 3 is 2.19 bits per heavy atom. The number of allylic oxidation sites excluding steroid dienone is 2. The number of carbonyl (C=O) groups excluding carboxylic acids is 3. The summed E-state index contributed by atoms with van der Waals surface area (Å²) in [6.07, 6.45) is 8.09. The molecule has 0 aromatic heterocycles. The summed E-state index contributed by atoms with van der Waals surface area (Å²) in [6.45, 7) is -0.255. The van der Waals surface area contributed by atoms with Crippen molar-refractivity contribution >= 4 is 40.9 Å². The van der Waals surface area contributed by atoms with Crippen LogP contribution < -0.4 is 0 Å². The lowest BCUT2D eigenvalue weighted by molar-refractivity contribution is -0.130. The number of rotatable bonds is 4. The van der Waals surface area contributed by atoms with Crippen molar-refractivity contribution in [3.63, 3.8) is 0 Å². The summed E-state index contributed by atoms with van der Waals surface area (Å²) < 4.78 is 0. The predicted molar refractivity (Wildman–Crippen MR) is 98.2 cm³/mol. The monoisotopic (exact) mass is 392 g/mol. The first-order chi connectivity index (χ1) is 12.5. The largest absolute Gasteiger partial charge is 0.312 e. The van der Waals surface area contributed by atoms with Gasteiger partial charge in [0.15, 0.2) is 0 Å². The molecule has 0 bridgehead atoms. The normalized spacial score (nSPS) is 19.5. The minimum Gasteiger partial charge on any atom is -0.312 e. The Morgan fingerprint density at radius 1 is 1.08 bits per heavy atom. The molecule has 1 heterocycles. The first-order valence-corrected chi connectivity index (χ1v) is 9.59. The highest BCUT2D eigenvalue weighted by atomic mass is 35.5. The van der Waals surface area contributed by atoms with Crippen LogP contribution in [0.15, 0.2) is 23.9 Å². The van der Waals surface area contributed by atoms with Gasteiger partial charge in [0.25, 0.3) is 11.8 Å². The summed E-state index contributed by atoms with van der Waals surface area (Å²) >= 11 is 11.9. The molecule has 3 aliphatic rings. The van der Waals surface area contributed by atoms with Gasteiger partial charge in [0.05, 0.1) is 21.2 Å². The SMILES string of the molecule is O=C1c2cc(Cl)c(Cl)cc2C(=O)N1CC(=O)N(C1=CCCCC1)C1CC1. The van der Waals surface area contributed by atoms with E-state index in [1.54, 1.807) is 0 Å². The van der Waals surface area contributed by atoms with Crippen molar-refractivity contribution in [2.75, 3.05) is 6.54 Å². The number of amides is 3. The minimum atomic E-state index is -0.495. The van der Waals surface area contributed by atoms with Crippen molar-refractivity contribution < 1.29 is 14.4 Å². The van der Waals surface area contributed by atoms with E-state index in [-0.39, 0.29) is 39.7 Å². The zero-order valence-electron chi connectivity index (χ0n) is 14.1. The van der Waals surface area contributed by atoms with E-state index in [0.717, 1.165) is 49.1 Å². The maximum atomic E-state index is 12.9. The highest BCUT2D eigenvalue weighted by Gasteiger charge is 2.41. The maximum absolute atomic E-state index is 12.9. The number of benzene rings is 1. The molecule has 26 heavy (non-hydrogen) atoms. The van der Waals surface area contributed by atoms with E-state index in [1.165, 1.54) is 12.1 Å². The summed E-state index contributed by atoms with van der Waals surface area (Å²) in [4.78, 5) is 41.0. The van der Waals surface area contributed by atoms with Crippen LogP contribution in [0.2, 0.25) is 10.0 Å². The number of carbonyl (C=O) groups is 3. The molecule has 1 aromatic rings. The number of hydrogen-bond acceptors (Lipinski definition) is 3. The quantitative estimate of drug-likeness (QED) is 0.726. The van der Waals surface area contributed by atoms with E-state index < -0.39 is 11.8 Å². The average molecular weight is 393 g/mol. The van der Waals surface area contributed by atoms with E-state index in [4.69, 9.17) is 23.2 Å². The van der Waals surface area contributed by atoms with Gasteiger partial charge < -0.3 is 4.90 Å². The van der Waals surface area contributed by atoms with E-state index in [9.17, 15) is 14.4 Å². The Balaban J connectivity index is 1.57. The molecule has 2 aliphatic carbocycles. The topological polar surface area (TPSA) is 57.7 Å². The molecule has 136 valence electrons. The van der Waals surface area contributed by atoms with Gasteiger partial charge in [-0.05, 0) is 50.7 Å². The second-order valence-corrected chi connectivity index (χ2v) is 7.76. The summed E-state index contributed by atoms with van der Waals surface area (Å²) in [5, 5.41) is 0.429. The Morgan fingerprint density at radius 2 is 1.69 bits per heavy atom. The first kappa shape index (κ1) is 17.6. The maximum Gasteiger partial charge on any atom is 0.262 e. The minimum absolute atomic E-state index is 0.200. The van der Waals surface area contributed by atoms with Gasteiger partial charge >= 0.3 is 0 Å². The fourth-order valence-electron chi connectivity index (χ4n) is 3.61. The van der Waals surface area contributed by atoms with Gasteiger partial charge in [-0.3, -0.25) is 19.3 Å². The van der Waals surface area contributed by atoms with Crippen LogP contribution in [0.4, 0.5) is 0 Å². The number of halogens is 2. The molecule has 1 aromatic carbocycles. The molecular weight excluding hydrogens is 375 g/mol. The number of fused-ring (bicyclic) bond motifs is 1. The Labute approximate surface area is 161 Å². The van der Waals surface area contributed by atoms with Crippen molar-refractivity contribution in [1.29, 1.82) is 0 Å². The lowest BCUT2D eigenvalue weighted by atomic mass is 10.0. The van der Waals surface area contributed by atoms with Crippen LogP contribution in [0.1, 0.15) is 59.2 Å². The second-order valence-electron chi connectivity index (χ2n) is 6.94.